The Labute approximate surface area is 140 Å². The van der Waals surface area contributed by atoms with Crippen LogP contribution in [-0.2, 0) is 9.59 Å². The molecule has 4 heteroatoms. The highest BCUT2D eigenvalue weighted by atomic mass is 16.4. The van der Waals surface area contributed by atoms with Gasteiger partial charge < -0.3 is 10.2 Å². The first-order valence-corrected chi connectivity index (χ1v) is 7.83. The van der Waals surface area contributed by atoms with Gasteiger partial charge in [0.15, 0.2) is 0 Å². The van der Waals surface area contributed by atoms with Crippen molar-refractivity contribution in [2.24, 2.45) is 11.8 Å². The summed E-state index contributed by atoms with van der Waals surface area (Å²) in [4.78, 5) is 23.9. The molecule has 0 aliphatic heterocycles. The Morgan fingerprint density at radius 1 is 0.625 bits per heavy atom. The molecule has 2 N–H and O–H groups in total. The first kappa shape index (κ1) is 16.0. The van der Waals surface area contributed by atoms with Crippen molar-refractivity contribution in [3.05, 3.63) is 83.9 Å². The lowest BCUT2D eigenvalue weighted by atomic mass is 9.66. The number of hydrogen-bond donors (Lipinski definition) is 2. The minimum Gasteiger partial charge on any atom is -0.481 e. The first-order chi connectivity index (χ1) is 11.6. The molecular formula is C20H18O4. The van der Waals surface area contributed by atoms with Gasteiger partial charge in [0.25, 0.3) is 0 Å². The molecule has 3 rings (SSSR count). The number of allylic oxidation sites excluding steroid dienone is 2. The smallest absolute Gasteiger partial charge is 0.308 e. The van der Waals surface area contributed by atoms with Gasteiger partial charge >= 0.3 is 11.9 Å². The van der Waals surface area contributed by atoms with E-state index in [-0.39, 0.29) is 0 Å². The maximum atomic E-state index is 11.9. The molecule has 0 fully saturated rings. The van der Waals surface area contributed by atoms with Crippen molar-refractivity contribution in [2.75, 3.05) is 0 Å². The summed E-state index contributed by atoms with van der Waals surface area (Å²) in [6, 6.07) is 18.4. The van der Waals surface area contributed by atoms with E-state index in [9.17, 15) is 19.8 Å². The van der Waals surface area contributed by atoms with Crippen LogP contribution in [0, 0.1) is 11.8 Å². The maximum absolute atomic E-state index is 11.9. The number of hydrogen-bond acceptors (Lipinski definition) is 2. The molecule has 2 aromatic rings. The van der Waals surface area contributed by atoms with E-state index in [4.69, 9.17) is 0 Å². The quantitative estimate of drug-likeness (QED) is 0.845. The zero-order valence-electron chi connectivity index (χ0n) is 12.9. The fraction of sp³-hybridized carbons (Fsp3) is 0.200. The molecule has 0 unspecified atom stereocenters. The first-order valence-electron chi connectivity index (χ1n) is 7.83. The molecule has 0 amide bonds. The number of aliphatic carboxylic acids is 2. The van der Waals surface area contributed by atoms with Gasteiger partial charge in [0.2, 0.25) is 0 Å². The van der Waals surface area contributed by atoms with Gasteiger partial charge in [-0.25, -0.2) is 0 Å². The lowest BCUT2D eigenvalue weighted by Gasteiger charge is -2.35. The Hall–Kier alpha value is -2.88. The fourth-order valence-electron chi connectivity index (χ4n) is 3.53. The molecule has 4 nitrogen and oxygen atoms in total. The summed E-state index contributed by atoms with van der Waals surface area (Å²) in [5, 5.41) is 19.5. The average molecular weight is 322 g/mol. The van der Waals surface area contributed by atoms with Crippen LogP contribution in [0.15, 0.2) is 72.8 Å². The summed E-state index contributed by atoms with van der Waals surface area (Å²) in [6.07, 6.45) is 3.68. The number of carbonyl (C=O) groups is 2. The second-order valence-corrected chi connectivity index (χ2v) is 5.99. The van der Waals surface area contributed by atoms with Crippen LogP contribution in [0.5, 0.6) is 0 Å². The topological polar surface area (TPSA) is 74.6 Å². The predicted octanol–water partition coefficient (Wildman–Crippen LogP) is 3.53. The van der Waals surface area contributed by atoms with Crippen molar-refractivity contribution in [2.45, 2.75) is 11.8 Å². The van der Waals surface area contributed by atoms with Gasteiger partial charge in [0.05, 0.1) is 11.8 Å². The summed E-state index contributed by atoms with van der Waals surface area (Å²) in [7, 11) is 0. The van der Waals surface area contributed by atoms with E-state index in [0.29, 0.717) is 0 Å². The van der Waals surface area contributed by atoms with Gasteiger partial charge in [-0.2, -0.15) is 0 Å². The number of benzene rings is 2. The monoisotopic (exact) mass is 322 g/mol. The molecule has 2 aromatic carbocycles. The Balaban J connectivity index is 2.09. The average Bonchev–Trinajstić information content (AvgIpc) is 2.61. The Bertz CT molecular complexity index is 686. The van der Waals surface area contributed by atoms with E-state index in [1.54, 1.807) is 0 Å². The summed E-state index contributed by atoms with van der Waals surface area (Å²) >= 11 is 0. The molecule has 0 spiro atoms. The van der Waals surface area contributed by atoms with Crippen molar-refractivity contribution >= 4 is 11.9 Å². The summed E-state index contributed by atoms with van der Waals surface area (Å²) in [6.45, 7) is 0. The normalized spacial score (nSPS) is 26.0. The van der Waals surface area contributed by atoms with E-state index >= 15 is 0 Å². The largest absolute Gasteiger partial charge is 0.481 e. The van der Waals surface area contributed by atoms with Crippen LogP contribution >= 0.6 is 0 Å². The molecule has 4 atom stereocenters. The third-order valence-electron chi connectivity index (χ3n) is 4.63. The van der Waals surface area contributed by atoms with Gasteiger partial charge in [-0.15, -0.1) is 0 Å². The molecule has 122 valence electrons. The van der Waals surface area contributed by atoms with Crippen LogP contribution < -0.4 is 0 Å². The van der Waals surface area contributed by atoms with Gasteiger partial charge in [0, 0.05) is 11.8 Å². The van der Waals surface area contributed by atoms with Crippen LogP contribution in [0.2, 0.25) is 0 Å². The van der Waals surface area contributed by atoms with E-state index in [1.165, 1.54) is 0 Å². The van der Waals surface area contributed by atoms with E-state index in [1.807, 2.05) is 72.8 Å². The van der Waals surface area contributed by atoms with Crippen molar-refractivity contribution in [3.63, 3.8) is 0 Å². The predicted molar refractivity (Wildman–Crippen MR) is 89.8 cm³/mol. The zero-order chi connectivity index (χ0) is 17.1. The lowest BCUT2D eigenvalue weighted by Crippen LogP contribution is -2.39. The molecule has 0 saturated carbocycles. The fourth-order valence-corrected chi connectivity index (χ4v) is 3.53. The molecule has 1 aliphatic carbocycles. The SMILES string of the molecule is O=C(O)[C@H]1[C@H](C(=O)O)[C@H](c2ccccc2)C=C[C@H]1c1ccccc1. The Morgan fingerprint density at radius 3 is 1.25 bits per heavy atom. The molecule has 24 heavy (non-hydrogen) atoms. The van der Waals surface area contributed by atoms with Gasteiger partial charge in [-0.1, -0.05) is 72.8 Å². The third kappa shape index (κ3) is 2.95. The number of carboxylic acids is 2. The minimum atomic E-state index is -1.08. The minimum absolute atomic E-state index is 0.454. The molecule has 0 aromatic heterocycles. The molecule has 1 aliphatic rings. The molecule has 0 heterocycles. The van der Waals surface area contributed by atoms with Gasteiger partial charge in [-0.3, -0.25) is 9.59 Å². The standard InChI is InChI=1S/C20H18O4/c21-19(22)17-15(13-7-3-1-4-8-13)11-12-16(18(17)20(23)24)14-9-5-2-6-10-14/h1-12,15-18H,(H,21,22)(H,23,24)/t15-,16-,17+,18+/m0/s1. The number of rotatable bonds is 4. The molecule has 0 saturated heterocycles. The van der Waals surface area contributed by atoms with Gasteiger partial charge in [0.1, 0.15) is 0 Å². The van der Waals surface area contributed by atoms with Crippen molar-refractivity contribution in [1.29, 1.82) is 0 Å². The third-order valence-corrected chi connectivity index (χ3v) is 4.63. The van der Waals surface area contributed by atoms with Crippen molar-refractivity contribution < 1.29 is 19.8 Å². The van der Waals surface area contributed by atoms with E-state index in [2.05, 4.69) is 0 Å². The summed E-state index contributed by atoms with van der Waals surface area (Å²) in [5.41, 5.74) is 1.64. The zero-order valence-corrected chi connectivity index (χ0v) is 12.9. The second kappa shape index (κ2) is 6.71. The lowest BCUT2D eigenvalue weighted by molar-refractivity contribution is -0.155. The highest BCUT2D eigenvalue weighted by Gasteiger charge is 2.46. The van der Waals surface area contributed by atoms with E-state index in [0.717, 1.165) is 11.1 Å². The summed E-state index contributed by atoms with van der Waals surface area (Å²) in [5.74, 6) is -5.10. The second-order valence-electron chi connectivity index (χ2n) is 5.99. The molecular weight excluding hydrogens is 304 g/mol. The van der Waals surface area contributed by atoms with Crippen LogP contribution in [-0.4, -0.2) is 22.2 Å². The number of carboxylic acid groups (broad SMARTS) is 2. The van der Waals surface area contributed by atoms with E-state index < -0.39 is 35.6 Å². The van der Waals surface area contributed by atoms with Gasteiger partial charge in [-0.05, 0) is 11.1 Å². The highest BCUT2D eigenvalue weighted by molar-refractivity contribution is 5.83. The maximum Gasteiger partial charge on any atom is 0.308 e. The Morgan fingerprint density at radius 2 is 0.958 bits per heavy atom. The van der Waals surface area contributed by atoms with Crippen LogP contribution in [0.1, 0.15) is 23.0 Å². The van der Waals surface area contributed by atoms with Crippen LogP contribution in [0.4, 0.5) is 0 Å². The van der Waals surface area contributed by atoms with Crippen LogP contribution in [0.25, 0.3) is 0 Å². The summed E-state index contributed by atoms with van der Waals surface area (Å²) < 4.78 is 0. The molecule has 0 bridgehead atoms. The Kier molecular flexibility index (Phi) is 4.47. The highest BCUT2D eigenvalue weighted by Crippen LogP contribution is 2.44. The van der Waals surface area contributed by atoms with Crippen molar-refractivity contribution in [1.82, 2.24) is 0 Å². The van der Waals surface area contributed by atoms with Crippen molar-refractivity contribution in [3.8, 4) is 0 Å². The molecule has 0 radical (unpaired) electrons. The van der Waals surface area contributed by atoms with Crippen LogP contribution in [0.3, 0.4) is 0 Å².